The van der Waals surface area contributed by atoms with E-state index < -0.39 is 0 Å². The molecule has 1 fully saturated rings. The van der Waals surface area contributed by atoms with Crippen LogP contribution in [0.1, 0.15) is 12.5 Å². The Morgan fingerprint density at radius 2 is 1.74 bits per heavy atom. The lowest BCUT2D eigenvalue weighted by atomic mass is 10.1. The Morgan fingerprint density at radius 3 is 2.37 bits per heavy atom. The van der Waals surface area contributed by atoms with Gasteiger partial charge in [-0.2, -0.15) is 0 Å². The van der Waals surface area contributed by atoms with Crippen LogP contribution in [0.5, 0.6) is 5.75 Å². The van der Waals surface area contributed by atoms with Crippen LogP contribution in [0.15, 0.2) is 48.5 Å². The Labute approximate surface area is 159 Å². The van der Waals surface area contributed by atoms with Gasteiger partial charge in [-0.1, -0.05) is 18.2 Å². The molecule has 0 aromatic heterocycles. The maximum atomic E-state index is 12.6. The van der Waals surface area contributed by atoms with E-state index >= 15 is 0 Å². The lowest BCUT2D eigenvalue weighted by Crippen LogP contribution is -2.49. The molecule has 6 heteroatoms. The maximum Gasteiger partial charge on any atom is 0.227 e. The molecule has 0 atom stereocenters. The Hall–Kier alpha value is -3.02. The highest BCUT2D eigenvalue weighted by molar-refractivity contribution is 5.89. The third-order valence-electron chi connectivity index (χ3n) is 4.68. The molecule has 2 amide bonds. The van der Waals surface area contributed by atoms with Gasteiger partial charge in [-0.05, 0) is 35.9 Å². The zero-order chi connectivity index (χ0) is 19.2. The Balaban J connectivity index is 1.55. The molecule has 1 N–H and O–H groups in total. The van der Waals surface area contributed by atoms with Gasteiger partial charge in [0.1, 0.15) is 5.75 Å². The van der Waals surface area contributed by atoms with E-state index in [1.165, 1.54) is 6.92 Å². The lowest BCUT2D eigenvalue weighted by molar-refractivity contribution is -0.130. The highest BCUT2D eigenvalue weighted by Crippen LogP contribution is 2.21. The Bertz CT molecular complexity index is 797. The van der Waals surface area contributed by atoms with Crippen LogP contribution in [0.4, 0.5) is 11.4 Å². The number of carbonyl (C=O) groups excluding carboxylic acids is 2. The standard InChI is InChI=1S/C21H25N3O3/c1-16(25)22-18-4-3-5-19(15-18)23-10-12-24(13-11-23)21(26)14-17-6-8-20(27-2)9-7-17/h3-9,15H,10-14H2,1-2H3,(H,22,25). The van der Waals surface area contributed by atoms with Crippen LogP contribution in [0.3, 0.4) is 0 Å². The van der Waals surface area contributed by atoms with Crippen molar-refractivity contribution in [2.75, 3.05) is 43.5 Å². The lowest BCUT2D eigenvalue weighted by Gasteiger charge is -2.36. The summed E-state index contributed by atoms with van der Waals surface area (Å²) in [6.07, 6.45) is 0.405. The van der Waals surface area contributed by atoms with Crippen LogP contribution in [-0.4, -0.2) is 50.0 Å². The third-order valence-corrected chi connectivity index (χ3v) is 4.68. The summed E-state index contributed by atoms with van der Waals surface area (Å²) in [7, 11) is 1.63. The first-order valence-electron chi connectivity index (χ1n) is 9.08. The molecule has 0 saturated carbocycles. The molecule has 142 valence electrons. The molecule has 6 nitrogen and oxygen atoms in total. The first-order valence-corrected chi connectivity index (χ1v) is 9.08. The number of methoxy groups -OCH3 is 1. The van der Waals surface area contributed by atoms with Gasteiger partial charge in [0.2, 0.25) is 11.8 Å². The van der Waals surface area contributed by atoms with Crippen molar-refractivity contribution in [3.8, 4) is 5.75 Å². The average Bonchev–Trinajstić information content (AvgIpc) is 2.68. The zero-order valence-electron chi connectivity index (χ0n) is 15.8. The molecule has 2 aromatic rings. The molecule has 0 spiro atoms. The van der Waals surface area contributed by atoms with Crippen LogP contribution < -0.4 is 15.0 Å². The summed E-state index contributed by atoms with van der Waals surface area (Å²) >= 11 is 0. The van der Waals surface area contributed by atoms with Crippen molar-refractivity contribution in [2.24, 2.45) is 0 Å². The number of hydrogen-bond donors (Lipinski definition) is 1. The van der Waals surface area contributed by atoms with Crippen LogP contribution in [0.25, 0.3) is 0 Å². The third kappa shape index (κ3) is 5.00. The number of nitrogens with one attached hydrogen (secondary N) is 1. The van der Waals surface area contributed by atoms with E-state index in [0.717, 1.165) is 35.8 Å². The first kappa shape index (κ1) is 18.8. The number of rotatable bonds is 5. The van der Waals surface area contributed by atoms with E-state index in [1.807, 2.05) is 53.4 Å². The van der Waals surface area contributed by atoms with Gasteiger partial charge in [0.15, 0.2) is 0 Å². The van der Waals surface area contributed by atoms with Crippen molar-refractivity contribution >= 4 is 23.2 Å². The van der Waals surface area contributed by atoms with Gasteiger partial charge in [-0.25, -0.2) is 0 Å². The molecule has 3 rings (SSSR count). The monoisotopic (exact) mass is 367 g/mol. The normalized spacial score (nSPS) is 14.0. The number of nitrogens with zero attached hydrogens (tertiary/aromatic N) is 2. The number of ether oxygens (including phenoxy) is 1. The average molecular weight is 367 g/mol. The molecule has 1 aliphatic heterocycles. The molecule has 27 heavy (non-hydrogen) atoms. The summed E-state index contributed by atoms with van der Waals surface area (Å²) < 4.78 is 5.15. The topological polar surface area (TPSA) is 61.9 Å². The molecule has 0 unspecified atom stereocenters. The van der Waals surface area contributed by atoms with Gasteiger partial charge in [-0.15, -0.1) is 0 Å². The fraction of sp³-hybridized carbons (Fsp3) is 0.333. The molecule has 0 radical (unpaired) electrons. The predicted molar refractivity (Wildman–Crippen MR) is 106 cm³/mol. The van der Waals surface area contributed by atoms with Crippen LogP contribution >= 0.6 is 0 Å². The molecule has 0 bridgehead atoms. The highest BCUT2D eigenvalue weighted by atomic mass is 16.5. The van der Waals surface area contributed by atoms with Crippen molar-refractivity contribution in [2.45, 2.75) is 13.3 Å². The number of carbonyl (C=O) groups is 2. The van der Waals surface area contributed by atoms with E-state index in [9.17, 15) is 9.59 Å². The van der Waals surface area contributed by atoms with Crippen LogP contribution in [-0.2, 0) is 16.0 Å². The van der Waals surface area contributed by atoms with Gasteiger partial charge in [0.05, 0.1) is 13.5 Å². The number of piperazine rings is 1. The zero-order valence-corrected chi connectivity index (χ0v) is 15.8. The van der Waals surface area contributed by atoms with Crippen molar-refractivity contribution in [1.82, 2.24) is 4.90 Å². The summed E-state index contributed by atoms with van der Waals surface area (Å²) in [4.78, 5) is 28.0. The number of hydrogen-bond acceptors (Lipinski definition) is 4. The summed E-state index contributed by atoms with van der Waals surface area (Å²) in [5.41, 5.74) is 2.84. The van der Waals surface area contributed by atoms with Crippen molar-refractivity contribution in [3.05, 3.63) is 54.1 Å². The van der Waals surface area contributed by atoms with E-state index in [1.54, 1.807) is 7.11 Å². The van der Waals surface area contributed by atoms with Crippen LogP contribution in [0, 0.1) is 0 Å². The minimum atomic E-state index is -0.0823. The minimum Gasteiger partial charge on any atom is -0.497 e. The Kier molecular flexibility index (Phi) is 5.96. The minimum absolute atomic E-state index is 0.0823. The summed E-state index contributed by atoms with van der Waals surface area (Å²) in [5.74, 6) is 0.856. The van der Waals surface area contributed by atoms with E-state index in [0.29, 0.717) is 19.5 Å². The fourth-order valence-electron chi connectivity index (χ4n) is 3.23. The smallest absolute Gasteiger partial charge is 0.227 e. The molecular formula is C21H25N3O3. The van der Waals surface area contributed by atoms with Crippen molar-refractivity contribution in [1.29, 1.82) is 0 Å². The van der Waals surface area contributed by atoms with Crippen LogP contribution in [0.2, 0.25) is 0 Å². The summed E-state index contributed by atoms with van der Waals surface area (Å²) in [6.45, 7) is 4.44. The number of anilines is 2. The van der Waals surface area contributed by atoms with Gasteiger partial charge in [0, 0.05) is 44.5 Å². The SMILES string of the molecule is COc1ccc(CC(=O)N2CCN(c3cccc(NC(C)=O)c3)CC2)cc1. The second kappa shape index (κ2) is 8.58. The van der Waals surface area contributed by atoms with E-state index in [4.69, 9.17) is 4.74 Å². The van der Waals surface area contributed by atoms with Gasteiger partial charge in [0.25, 0.3) is 0 Å². The number of benzene rings is 2. The highest BCUT2D eigenvalue weighted by Gasteiger charge is 2.21. The Morgan fingerprint density at radius 1 is 1.04 bits per heavy atom. The quantitative estimate of drug-likeness (QED) is 0.882. The van der Waals surface area contributed by atoms with Crippen molar-refractivity contribution in [3.63, 3.8) is 0 Å². The maximum absolute atomic E-state index is 12.6. The first-order chi connectivity index (χ1) is 13.0. The second-order valence-corrected chi connectivity index (χ2v) is 6.62. The molecule has 1 aliphatic rings. The molecule has 1 heterocycles. The molecule has 1 saturated heterocycles. The molecular weight excluding hydrogens is 342 g/mol. The fourth-order valence-corrected chi connectivity index (χ4v) is 3.23. The van der Waals surface area contributed by atoms with Gasteiger partial charge >= 0.3 is 0 Å². The van der Waals surface area contributed by atoms with Gasteiger partial charge in [-0.3, -0.25) is 9.59 Å². The van der Waals surface area contributed by atoms with E-state index in [2.05, 4.69) is 10.2 Å². The predicted octanol–water partition coefficient (Wildman–Crippen LogP) is 2.54. The van der Waals surface area contributed by atoms with Gasteiger partial charge < -0.3 is 19.9 Å². The molecule has 0 aliphatic carbocycles. The number of amides is 2. The summed E-state index contributed by atoms with van der Waals surface area (Å²) in [5, 5.41) is 2.81. The van der Waals surface area contributed by atoms with E-state index in [-0.39, 0.29) is 11.8 Å². The largest absolute Gasteiger partial charge is 0.497 e. The van der Waals surface area contributed by atoms with Crippen molar-refractivity contribution < 1.29 is 14.3 Å². The molecule has 2 aromatic carbocycles. The summed E-state index contributed by atoms with van der Waals surface area (Å²) in [6, 6.07) is 15.4. The second-order valence-electron chi connectivity index (χ2n) is 6.62.